The average Bonchev–Trinajstić information content (AvgIpc) is 2.12. The van der Waals surface area contributed by atoms with E-state index in [1.165, 1.54) is 6.33 Å². The quantitative estimate of drug-likeness (QED) is 0.734. The van der Waals surface area contributed by atoms with E-state index >= 15 is 0 Å². The van der Waals surface area contributed by atoms with Gasteiger partial charge in [-0.1, -0.05) is 0 Å². The number of anilines is 1. The molecule has 2 rings (SSSR count). The molecule has 0 spiro atoms. The van der Waals surface area contributed by atoms with Gasteiger partial charge < -0.3 is 10.8 Å². The van der Waals surface area contributed by atoms with Gasteiger partial charge in [0, 0.05) is 4.47 Å². The highest BCUT2D eigenvalue weighted by Gasteiger charge is 2.07. The van der Waals surface area contributed by atoms with Crippen LogP contribution in [0.15, 0.2) is 22.9 Å². The summed E-state index contributed by atoms with van der Waals surface area (Å²) in [6.45, 7) is 0. The van der Waals surface area contributed by atoms with Gasteiger partial charge in [0.05, 0.1) is 10.9 Å². The Kier molecular flexibility index (Phi) is 1.81. The van der Waals surface area contributed by atoms with Crippen molar-refractivity contribution in [3.8, 4) is 5.75 Å². The SMILES string of the molecule is Nc1ncnc2c(Br)ccc(O)c12. The molecule has 2 aromatic rings. The van der Waals surface area contributed by atoms with Crippen LogP contribution in [0.5, 0.6) is 5.75 Å². The second-order valence-corrected chi connectivity index (χ2v) is 3.40. The third-order valence-corrected chi connectivity index (χ3v) is 2.39. The van der Waals surface area contributed by atoms with Crippen LogP contribution in [-0.4, -0.2) is 15.1 Å². The summed E-state index contributed by atoms with van der Waals surface area (Å²) in [7, 11) is 0. The lowest BCUT2D eigenvalue weighted by Gasteiger charge is -2.03. The molecule has 0 aliphatic heterocycles. The number of hydrogen-bond donors (Lipinski definition) is 2. The van der Waals surface area contributed by atoms with Crippen molar-refractivity contribution in [2.24, 2.45) is 0 Å². The number of aromatic nitrogens is 2. The maximum atomic E-state index is 9.50. The molecule has 1 aromatic heterocycles. The maximum absolute atomic E-state index is 9.50. The fourth-order valence-corrected chi connectivity index (χ4v) is 1.58. The zero-order valence-electron chi connectivity index (χ0n) is 6.53. The summed E-state index contributed by atoms with van der Waals surface area (Å²) in [5.74, 6) is 0.375. The molecular weight excluding hydrogens is 234 g/mol. The zero-order chi connectivity index (χ0) is 9.42. The molecule has 0 amide bonds. The number of hydrogen-bond acceptors (Lipinski definition) is 4. The number of fused-ring (bicyclic) bond motifs is 1. The smallest absolute Gasteiger partial charge is 0.138 e. The van der Waals surface area contributed by atoms with E-state index < -0.39 is 0 Å². The van der Waals surface area contributed by atoms with Crippen molar-refractivity contribution in [3.63, 3.8) is 0 Å². The molecule has 0 radical (unpaired) electrons. The molecule has 5 heteroatoms. The number of phenolic OH excluding ortho intramolecular Hbond substituents is 1. The van der Waals surface area contributed by atoms with Crippen LogP contribution < -0.4 is 5.73 Å². The second kappa shape index (κ2) is 2.85. The summed E-state index contributed by atoms with van der Waals surface area (Å²) in [6.07, 6.45) is 1.36. The first-order chi connectivity index (χ1) is 6.20. The van der Waals surface area contributed by atoms with Crippen molar-refractivity contribution < 1.29 is 5.11 Å². The summed E-state index contributed by atoms with van der Waals surface area (Å²) in [6, 6.07) is 3.26. The molecule has 0 atom stereocenters. The number of phenols is 1. The fourth-order valence-electron chi connectivity index (χ4n) is 1.15. The number of rotatable bonds is 0. The maximum Gasteiger partial charge on any atom is 0.138 e. The Bertz CT molecular complexity index is 464. The van der Waals surface area contributed by atoms with Crippen molar-refractivity contribution in [1.82, 2.24) is 9.97 Å². The minimum Gasteiger partial charge on any atom is -0.507 e. The van der Waals surface area contributed by atoms with Crippen LogP contribution in [-0.2, 0) is 0 Å². The van der Waals surface area contributed by atoms with Gasteiger partial charge in [-0.25, -0.2) is 9.97 Å². The number of nitrogens with two attached hydrogens (primary N) is 1. The molecule has 3 N–H and O–H groups in total. The third-order valence-electron chi connectivity index (χ3n) is 1.75. The number of nitrogen functional groups attached to an aromatic ring is 1. The van der Waals surface area contributed by atoms with Gasteiger partial charge in [-0.15, -0.1) is 0 Å². The molecule has 0 bridgehead atoms. The molecular formula is C8H6BrN3O. The Morgan fingerprint density at radius 2 is 2.08 bits per heavy atom. The van der Waals surface area contributed by atoms with Crippen LogP contribution in [0.2, 0.25) is 0 Å². The van der Waals surface area contributed by atoms with Crippen LogP contribution in [0, 0.1) is 0 Å². The van der Waals surface area contributed by atoms with Gasteiger partial charge in [-0.2, -0.15) is 0 Å². The Hall–Kier alpha value is -1.36. The van der Waals surface area contributed by atoms with E-state index in [1.54, 1.807) is 12.1 Å². The number of nitrogens with zero attached hydrogens (tertiary/aromatic N) is 2. The van der Waals surface area contributed by atoms with E-state index in [1.807, 2.05) is 0 Å². The van der Waals surface area contributed by atoms with E-state index in [9.17, 15) is 5.11 Å². The number of benzene rings is 1. The molecule has 0 fully saturated rings. The van der Waals surface area contributed by atoms with Gasteiger partial charge in [-0.3, -0.25) is 0 Å². The average molecular weight is 240 g/mol. The van der Waals surface area contributed by atoms with Gasteiger partial charge in [-0.05, 0) is 28.1 Å². The van der Waals surface area contributed by atoms with Crippen molar-refractivity contribution >= 4 is 32.7 Å². The second-order valence-electron chi connectivity index (χ2n) is 2.55. The summed E-state index contributed by atoms with van der Waals surface area (Å²) in [5.41, 5.74) is 6.21. The zero-order valence-corrected chi connectivity index (χ0v) is 8.12. The summed E-state index contributed by atoms with van der Waals surface area (Å²) in [5, 5.41) is 9.98. The van der Waals surface area contributed by atoms with E-state index in [-0.39, 0.29) is 11.6 Å². The van der Waals surface area contributed by atoms with Crippen LogP contribution in [0.25, 0.3) is 10.9 Å². The topological polar surface area (TPSA) is 72.0 Å². The van der Waals surface area contributed by atoms with Crippen molar-refractivity contribution in [2.45, 2.75) is 0 Å². The highest BCUT2D eigenvalue weighted by molar-refractivity contribution is 9.10. The molecule has 0 unspecified atom stereocenters. The van der Waals surface area contributed by atoms with E-state index in [0.29, 0.717) is 10.9 Å². The van der Waals surface area contributed by atoms with Crippen LogP contribution in [0.4, 0.5) is 5.82 Å². The van der Waals surface area contributed by atoms with E-state index in [4.69, 9.17) is 5.73 Å². The normalized spacial score (nSPS) is 10.5. The van der Waals surface area contributed by atoms with Gasteiger partial charge >= 0.3 is 0 Å². The van der Waals surface area contributed by atoms with Crippen molar-refractivity contribution in [2.75, 3.05) is 5.73 Å². The van der Waals surface area contributed by atoms with Gasteiger partial charge in [0.15, 0.2) is 0 Å². The molecule has 0 saturated carbocycles. The Balaban J connectivity index is 3.00. The Morgan fingerprint density at radius 3 is 2.77 bits per heavy atom. The molecule has 1 aromatic carbocycles. The Labute approximate surface area is 82.6 Å². The lowest BCUT2D eigenvalue weighted by Crippen LogP contribution is -1.93. The first-order valence-corrected chi connectivity index (χ1v) is 4.37. The predicted molar refractivity (Wildman–Crippen MR) is 53.3 cm³/mol. The van der Waals surface area contributed by atoms with Crippen molar-refractivity contribution in [3.05, 3.63) is 22.9 Å². The van der Waals surface area contributed by atoms with Crippen LogP contribution in [0.1, 0.15) is 0 Å². The van der Waals surface area contributed by atoms with Gasteiger partial charge in [0.2, 0.25) is 0 Å². The molecule has 66 valence electrons. The van der Waals surface area contributed by atoms with Gasteiger partial charge in [0.1, 0.15) is 17.9 Å². The minimum atomic E-state index is 0.0938. The van der Waals surface area contributed by atoms with Crippen molar-refractivity contribution in [1.29, 1.82) is 0 Å². The largest absolute Gasteiger partial charge is 0.507 e. The first kappa shape index (κ1) is 8.25. The molecule has 0 aliphatic rings. The minimum absolute atomic E-state index is 0.0938. The Morgan fingerprint density at radius 1 is 1.31 bits per heavy atom. The summed E-state index contributed by atoms with van der Waals surface area (Å²) < 4.78 is 0.786. The van der Waals surface area contributed by atoms with Crippen LogP contribution in [0.3, 0.4) is 0 Å². The first-order valence-electron chi connectivity index (χ1n) is 3.58. The highest BCUT2D eigenvalue weighted by atomic mass is 79.9. The highest BCUT2D eigenvalue weighted by Crippen LogP contribution is 2.31. The van der Waals surface area contributed by atoms with E-state index in [2.05, 4.69) is 25.9 Å². The van der Waals surface area contributed by atoms with E-state index in [0.717, 1.165) is 4.47 Å². The molecule has 4 nitrogen and oxygen atoms in total. The van der Waals surface area contributed by atoms with Gasteiger partial charge in [0.25, 0.3) is 0 Å². The lowest BCUT2D eigenvalue weighted by molar-refractivity contribution is 0.481. The lowest BCUT2D eigenvalue weighted by atomic mass is 10.2. The number of halogens is 1. The standard InChI is InChI=1S/C8H6BrN3O/c9-4-1-2-5(13)6-7(4)11-3-12-8(6)10/h1-3,13H,(H2,10,11,12). The monoisotopic (exact) mass is 239 g/mol. The third kappa shape index (κ3) is 1.21. The predicted octanol–water partition coefficient (Wildman–Crippen LogP) is 1.68. The van der Waals surface area contributed by atoms with Crippen LogP contribution >= 0.6 is 15.9 Å². The molecule has 0 aliphatic carbocycles. The fraction of sp³-hybridized carbons (Fsp3) is 0. The molecule has 0 saturated heterocycles. The molecule has 1 heterocycles. The molecule has 13 heavy (non-hydrogen) atoms. The summed E-state index contributed by atoms with van der Waals surface area (Å²) >= 11 is 3.31. The summed E-state index contributed by atoms with van der Waals surface area (Å²) in [4.78, 5) is 7.80. The number of aromatic hydroxyl groups is 1.